The third kappa shape index (κ3) is 4.28. The lowest BCUT2D eigenvalue weighted by molar-refractivity contribution is -0.144. The van der Waals surface area contributed by atoms with Gasteiger partial charge in [0.25, 0.3) is 0 Å². The Bertz CT molecular complexity index is 1210. The average molecular weight is 474 g/mol. The van der Waals surface area contributed by atoms with Crippen LogP contribution in [-0.4, -0.2) is 27.0 Å². The first-order chi connectivity index (χ1) is 16.2. The van der Waals surface area contributed by atoms with Crippen LogP contribution in [0.5, 0.6) is 5.75 Å². The monoisotopic (exact) mass is 474 g/mol. The fourth-order valence-corrected chi connectivity index (χ4v) is 5.32. The molecule has 5 rings (SSSR count). The minimum atomic E-state index is -4.63. The minimum Gasteiger partial charge on any atom is -0.490 e. The van der Waals surface area contributed by atoms with E-state index in [1.54, 1.807) is 18.3 Å². The average Bonchev–Trinajstić information content (AvgIpc) is 3.26. The van der Waals surface area contributed by atoms with Gasteiger partial charge in [0.1, 0.15) is 11.6 Å². The Morgan fingerprint density at radius 2 is 1.85 bits per heavy atom. The number of nitrogens with one attached hydrogen (secondary N) is 1. The van der Waals surface area contributed by atoms with Crippen LogP contribution in [0.1, 0.15) is 32.0 Å². The van der Waals surface area contributed by atoms with E-state index in [1.165, 1.54) is 12.1 Å². The molecular formula is C24H22F4N4O2. The van der Waals surface area contributed by atoms with Crippen molar-refractivity contribution in [1.82, 2.24) is 15.0 Å². The zero-order valence-electron chi connectivity index (χ0n) is 18.2. The molecule has 1 N–H and O–H groups in total. The van der Waals surface area contributed by atoms with Gasteiger partial charge in [0, 0.05) is 17.5 Å². The molecule has 5 atom stereocenters. The van der Waals surface area contributed by atoms with Crippen LogP contribution in [0.15, 0.2) is 42.9 Å². The third-order valence-electron chi connectivity index (χ3n) is 6.84. The van der Waals surface area contributed by atoms with Crippen molar-refractivity contribution >= 4 is 22.5 Å². The minimum absolute atomic E-state index is 0.0241. The number of carbonyl (C=O) groups excluding carboxylic acids is 1. The number of benzene rings is 1. The maximum absolute atomic E-state index is 13.7. The summed E-state index contributed by atoms with van der Waals surface area (Å²) in [5.74, 6) is -0.609. The van der Waals surface area contributed by atoms with E-state index in [4.69, 9.17) is 4.74 Å². The van der Waals surface area contributed by atoms with E-state index >= 15 is 0 Å². The maximum Gasteiger partial charge on any atom is 0.451 e. The SMILES string of the molecule is CCC(C(=O)Nc1cnc(C(F)(F)F)nc1)[C@H]1[C@@H]2C[C@@H](Oc3ccnc4ccc(F)cc34)C[C@@H]21. The second kappa shape index (κ2) is 8.48. The summed E-state index contributed by atoms with van der Waals surface area (Å²) in [7, 11) is 0. The molecule has 2 aromatic heterocycles. The summed E-state index contributed by atoms with van der Waals surface area (Å²) >= 11 is 0. The Hall–Kier alpha value is -3.30. The van der Waals surface area contributed by atoms with Crippen molar-refractivity contribution in [2.75, 3.05) is 5.32 Å². The van der Waals surface area contributed by atoms with Gasteiger partial charge in [0.2, 0.25) is 11.7 Å². The van der Waals surface area contributed by atoms with E-state index in [1.807, 2.05) is 6.92 Å². The molecule has 0 spiro atoms. The van der Waals surface area contributed by atoms with E-state index in [9.17, 15) is 22.4 Å². The van der Waals surface area contributed by atoms with Gasteiger partial charge < -0.3 is 10.1 Å². The van der Waals surface area contributed by atoms with E-state index < -0.39 is 12.0 Å². The van der Waals surface area contributed by atoms with Crippen molar-refractivity contribution in [3.05, 3.63) is 54.5 Å². The van der Waals surface area contributed by atoms with Crippen molar-refractivity contribution in [2.45, 2.75) is 38.5 Å². The molecule has 34 heavy (non-hydrogen) atoms. The number of anilines is 1. The largest absolute Gasteiger partial charge is 0.490 e. The number of fused-ring (bicyclic) bond motifs is 2. The molecule has 6 nitrogen and oxygen atoms in total. The molecule has 10 heteroatoms. The topological polar surface area (TPSA) is 77.0 Å². The van der Waals surface area contributed by atoms with E-state index in [2.05, 4.69) is 20.3 Å². The van der Waals surface area contributed by atoms with Gasteiger partial charge in [-0.3, -0.25) is 9.78 Å². The molecule has 2 aliphatic rings. The molecule has 2 fully saturated rings. The van der Waals surface area contributed by atoms with Gasteiger partial charge >= 0.3 is 6.18 Å². The van der Waals surface area contributed by atoms with Crippen LogP contribution >= 0.6 is 0 Å². The van der Waals surface area contributed by atoms with Gasteiger partial charge in [-0.1, -0.05) is 6.92 Å². The van der Waals surface area contributed by atoms with E-state index in [0.29, 0.717) is 34.9 Å². The second-order valence-electron chi connectivity index (χ2n) is 8.88. The fourth-order valence-electron chi connectivity index (χ4n) is 5.32. The standard InChI is InChI=1S/C24H22F4N4O2/c1-2-15(22(33)32-13-10-30-23(31-11-13)24(26,27)28)21-16-8-14(9-17(16)21)34-20-5-6-29-19-4-3-12(25)7-18(19)20/h3-7,10-11,14-17,21H,2,8-9H2,1H3,(H,32,33)/t14-,15?,16-,17+,21+. The van der Waals surface area contributed by atoms with Gasteiger partial charge in [-0.25, -0.2) is 14.4 Å². The predicted molar refractivity (Wildman–Crippen MR) is 115 cm³/mol. The highest BCUT2D eigenvalue weighted by molar-refractivity contribution is 5.92. The lowest BCUT2D eigenvalue weighted by Gasteiger charge is -2.21. The molecule has 0 aliphatic heterocycles. The zero-order valence-corrected chi connectivity index (χ0v) is 18.2. The van der Waals surface area contributed by atoms with Crippen molar-refractivity contribution in [3.8, 4) is 5.75 Å². The third-order valence-corrected chi connectivity index (χ3v) is 6.84. The first kappa shape index (κ1) is 22.5. The van der Waals surface area contributed by atoms with Crippen LogP contribution in [0, 0.1) is 29.5 Å². The molecule has 178 valence electrons. The second-order valence-corrected chi connectivity index (χ2v) is 8.88. The van der Waals surface area contributed by atoms with Crippen LogP contribution in [0.3, 0.4) is 0 Å². The Morgan fingerprint density at radius 3 is 2.50 bits per heavy atom. The molecule has 1 amide bonds. The molecule has 1 unspecified atom stereocenters. The number of halogens is 4. The highest BCUT2D eigenvalue weighted by Crippen LogP contribution is 2.62. The van der Waals surface area contributed by atoms with Gasteiger partial charge in [-0.15, -0.1) is 0 Å². The number of amides is 1. The van der Waals surface area contributed by atoms with Gasteiger partial charge in [-0.05, 0) is 61.3 Å². The first-order valence-electron chi connectivity index (χ1n) is 11.2. The Labute approximate surface area is 192 Å². The zero-order chi connectivity index (χ0) is 24.0. The summed E-state index contributed by atoms with van der Waals surface area (Å²) in [4.78, 5) is 23.6. The molecule has 0 saturated heterocycles. The smallest absolute Gasteiger partial charge is 0.451 e. The van der Waals surface area contributed by atoms with Crippen molar-refractivity contribution in [1.29, 1.82) is 0 Å². The molecular weight excluding hydrogens is 452 g/mol. The number of pyridine rings is 1. The molecule has 3 aromatic rings. The number of carbonyl (C=O) groups is 1. The highest BCUT2D eigenvalue weighted by atomic mass is 19.4. The molecule has 2 saturated carbocycles. The summed E-state index contributed by atoms with van der Waals surface area (Å²) in [5.41, 5.74) is 0.801. The van der Waals surface area contributed by atoms with Crippen LogP contribution < -0.4 is 10.1 Å². The summed E-state index contributed by atoms with van der Waals surface area (Å²) < 4.78 is 57.8. The molecule has 2 aliphatic carbocycles. The Morgan fingerprint density at radius 1 is 1.15 bits per heavy atom. The summed E-state index contributed by atoms with van der Waals surface area (Å²) in [6, 6.07) is 6.13. The van der Waals surface area contributed by atoms with Crippen molar-refractivity contribution in [3.63, 3.8) is 0 Å². The summed E-state index contributed by atoms with van der Waals surface area (Å²) in [5, 5.41) is 3.28. The van der Waals surface area contributed by atoms with E-state index in [-0.39, 0.29) is 35.4 Å². The fraction of sp³-hybridized carbons (Fsp3) is 0.417. The maximum atomic E-state index is 13.7. The number of hydrogen-bond donors (Lipinski definition) is 1. The summed E-state index contributed by atoms with van der Waals surface area (Å²) in [6.45, 7) is 1.92. The molecule has 2 heterocycles. The number of alkyl halides is 3. The predicted octanol–water partition coefficient (Wildman–Crippen LogP) is 5.25. The number of ether oxygens (including phenoxy) is 1. The van der Waals surface area contributed by atoms with Crippen molar-refractivity contribution in [2.24, 2.45) is 23.7 Å². The number of rotatable bonds is 6. The van der Waals surface area contributed by atoms with Crippen LogP contribution in [-0.2, 0) is 11.0 Å². The number of aromatic nitrogens is 3. The Kier molecular flexibility index (Phi) is 5.61. The molecule has 0 bridgehead atoms. The van der Waals surface area contributed by atoms with Crippen molar-refractivity contribution < 1.29 is 27.1 Å². The summed E-state index contributed by atoms with van der Waals surface area (Å²) in [6.07, 6.45) is 1.13. The van der Waals surface area contributed by atoms with Gasteiger partial charge in [0.05, 0.1) is 29.7 Å². The number of hydrogen-bond acceptors (Lipinski definition) is 5. The van der Waals surface area contributed by atoms with E-state index in [0.717, 1.165) is 25.2 Å². The lowest BCUT2D eigenvalue weighted by atomic mass is 9.93. The first-order valence-corrected chi connectivity index (χ1v) is 11.2. The van der Waals surface area contributed by atoms with Gasteiger partial charge in [0.15, 0.2) is 0 Å². The normalized spacial score (nSPS) is 24.5. The highest BCUT2D eigenvalue weighted by Gasteiger charge is 2.60. The Balaban J connectivity index is 1.20. The quantitative estimate of drug-likeness (QED) is 0.494. The van der Waals surface area contributed by atoms with Crippen LogP contribution in [0.4, 0.5) is 23.2 Å². The molecule has 1 aromatic carbocycles. The van der Waals surface area contributed by atoms with Crippen LogP contribution in [0.2, 0.25) is 0 Å². The molecule has 0 radical (unpaired) electrons. The van der Waals surface area contributed by atoms with Crippen LogP contribution in [0.25, 0.3) is 10.9 Å². The lowest BCUT2D eigenvalue weighted by Crippen LogP contribution is -2.27. The van der Waals surface area contributed by atoms with Gasteiger partial charge in [-0.2, -0.15) is 13.2 Å². The number of nitrogens with zero attached hydrogens (tertiary/aromatic N) is 3.